The molecule has 0 spiro atoms. The lowest BCUT2D eigenvalue weighted by molar-refractivity contribution is -0.117. The molecule has 0 saturated heterocycles. The topological polar surface area (TPSA) is 79.5 Å². The van der Waals surface area contributed by atoms with Crippen molar-refractivity contribution in [3.05, 3.63) is 90.0 Å². The molecule has 3 aromatic rings. The molecule has 0 heterocycles. The molecule has 0 aromatic heterocycles. The zero-order valence-electron chi connectivity index (χ0n) is 17.9. The highest BCUT2D eigenvalue weighted by atomic mass is 16.5. The molecule has 0 bridgehead atoms. The van der Waals surface area contributed by atoms with E-state index in [2.05, 4.69) is 16.0 Å². The molecule has 0 aliphatic carbocycles. The van der Waals surface area contributed by atoms with Gasteiger partial charge in [-0.3, -0.25) is 14.9 Å². The van der Waals surface area contributed by atoms with Gasteiger partial charge in [-0.15, -0.1) is 0 Å². The summed E-state index contributed by atoms with van der Waals surface area (Å²) in [6.07, 6.45) is 0. The number of ether oxygens (including phenoxy) is 1. The first-order chi connectivity index (χ1) is 15.0. The predicted molar refractivity (Wildman–Crippen MR) is 123 cm³/mol. The number of amides is 2. The Morgan fingerprint density at radius 2 is 1.45 bits per heavy atom. The molecule has 6 nitrogen and oxygen atoms in total. The van der Waals surface area contributed by atoms with E-state index >= 15 is 0 Å². The molecule has 0 fully saturated rings. The lowest BCUT2D eigenvalue weighted by atomic mass is 10.1. The summed E-state index contributed by atoms with van der Waals surface area (Å²) in [5.41, 5.74) is 2.82. The number of hydrogen-bond acceptors (Lipinski definition) is 4. The van der Waals surface area contributed by atoms with Crippen LogP contribution in [-0.2, 0) is 4.79 Å². The molecule has 3 aromatic carbocycles. The average Bonchev–Trinajstić information content (AvgIpc) is 2.80. The summed E-state index contributed by atoms with van der Waals surface area (Å²) in [4.78, 5) is 25.1. The molecule has 3 rings (SSSR count). The Kier molecular flexibility index (Phi) is 7.40. The van der Waals surface area contributed by atoms with Crippen LogP contribution < -0.4 is 20.7 Å². The Balaban J connectivity index is 1.57. The molecule has 31 heavy (non-hydrogen) atoms. The van der Waals surface area contributed by atoms with Crippen LogP contribution in [-0.4, -0.2) is 25.0 Å². The van der Waals surface area contributed by atoms with Crippen LogP contribution in [0.2, 0.25) is 0 Å². The maximum Gasteiger partial charge on any atom is 0.255 e. The van der Waals surface area contributed by atoms with Gasteiger partial charge in [0.05, 0.1) is 18.8 Å². The average molecular weight is 418 g/mol. The van der Waals surface area contributed by atoms with Crippen LogP contribution in [0.25, 0.3) is 0 Å². The smallest absolute Gasteiger partial charge is 0.255 e. The van der Waals surface area contributed by atoms with Crippen molar-refractivity contribution in [2.75, 3.05) is 17.7 Å². The normalized spacial score (nSPS) is 12.5. The van der Waals surface area contributed by atoms with Gasteiger partial charge in [0.1, 0.15) is 5.75 Å². The molecule has 160 valence electrons. The summed E-state index contributed by atoms with van der Waals surface area (Å²) < 4.78 is 5.25. The van der Waals surface area contributed by atoms with E-state index in [4.69, 9.17) is 4.74 Å². The van der Waals surface area contributed by atoms with Gasteiger partial charge in [-0.25, -0.2) is 0 Å². The number of benzene rings is 3. The summed E-state index contributed by atoms with van der Waals surface area (Å²) in [7, 11) is 1.55. The second kappa shape index (κ2) is 10.4. The Bertz CT molecular complexity index is 1020. The third-order valence-corrected chi connectivity index (χ3v) is 4.96. The highest BCUT2D eigenvalue weighted by Gasteiger charge is 2.17. The van der Waals surface area contributed by atoms with Crippen LogP contribution >= 0.6 is 0 Å². The molecule has 2 unspecified atom stereocenters. The zero-order valence-corrected chi connectivity index (χ0v) is 17.9. The molecule has 3 N–H and O–H groups in total. The van der Waals surface area contributed by atoms with E-state index in [1.54, 1.807) is 43.5 Å². The van der Waals surface area contributed by atoms with Gasteiger partial charge in [-0.1, -0.05) is 42.5 Å². The lowest BCUT2D eigenvalue weighted by Gasteiger charge is -2.20. The number of rotatable bonds is 8. The number of carbonyl (C=O) groups excluding carboxylic acids is 2. The first kappa shape index (κ1) is 22.1. The van der Waals surface area contributed by atoms with E-state index in [1.807, 2.05) is 56.3 Å². The van der Waals surface area contributed by atoms with E-state index in [0.717, 1.165) is 5.56 Å². The van der Waals surface area contributed by atoms with Gasteiger partial charge in [0.15, 0.2) is 0 Å². The molecule has 2 atom stereocenters. The first-order valence-corrected chi connectivity index (χ1v) is 10.1. The van der Waals surface area contributed by atoms with Crippen molar-refractivity contribution in [3.63, 3.8) is 0 Å². The van der Waals surface area contributed by atoms with Gasteiger partial charge < -0.3 is 15.4 Å². The van der Waals surface area contributed by atoms with E-state index in [1.165, 1.54) is 0 Å². The standard InChI is InChI=1S/C25H27N3O3/c1-17(19-9-5-4-6-10-19)26-18(2)24(29)27-21-15-13-20(14-16-21)25(30)28-22-11-7-8-12-23(22)31-3/h4-18,26H,1-3H3,(H,27,29)(H,28,30). The fourth-order valence-corrected chi connectivity index (χ4v) is 3.19. The molecule has 0 radical (unpaired) electrons. The van der Waals surface area contributed by atoms with E-state index < -0.39 is 0 Å². The number of anilines is 2. The van der Waals surface area contributed by atoms with Crippen molar-refractivity contribution >= 4 is 23.2 Å². The van der Waals surface area contributed by atoms with Crippen molar-refractivity contribution < 1.29 is 14.3 Å². The fourth-order valence-electron chi connectivity index (χ4n) is 3.19. The second-order valence-corrected chi connectivity index (χ2v) is 7.24. The van der Waals surface area contributed by atoms with Crippen molar-refractivity contribution in [1.29, 1.82) is 0 Å². The van der Waals surface area contributed by atoms with Gasteiger partial charge in [0.2, 0.25) is 5.91 Å². The van der Waals surface area contributed by atoms with Crippen LogP contribution in [0.5, 0.6) is 5.75 Å². The summed E-state index contributed by atoms with van der Waals surface area (Å²) in [6, 6.07) is 23.6. The minimum absolute atomic E-state index is 0.0444. The molecular formula is C25H27N3O3. The Morgan fingerprint density at radius 3 is 2.13 bits per heavy atom. The summed E-state index contributed by atoms with van der Waals surface area (Å²) >= 11 is 0. The number of carbonyl (C=O) groups is 2. The quantitative estimate of drug-likeness (QED) is 0.499. The fraction of sp³-hybridized carbons (Fsp3) is 0.200. The van der Waals surface area contributed by atoms with Gasteiger partial charge in [-0.2, -0.15) is 0 Å². The second-order valence-electron chi connectivity index (χ2n) is 7.24. The van der Waals surface area contributed by atoms with Crippen molar-refractivity contribution in [2.45, 2.75) is 25.9 Å². The maximum absolute atomic E-state index is 12.5. The van der Waals surface area contributed by atoms with Gasteiger partial charge in [0.25, 0.3) is 5.91 Å². The van der Waals surface area contributed by atoms with Crippen molar-refractivity contribution in [1.82, 2.24) is 5.32 Å². The first-order valence-electron chi connectivity index (χ1n) is 10.1. The highest BCUT2D eigenvalue weighted by molar-refractivity contribution is 6.05. The van der Waals surface area contributed by atoms with Crippen LogP contribution in [0.3, 0.4) is 0 Å². The molecule has 0 saturated carbocycles. The van der Waals surface area contributed by atoms with Crippen LogP contribution in [0, 0.1) is 0 Å². The largest absolute Gasteiger partial charge is 0.495 e. The van der Waals surface area contributed by atoms with Crippen LogP contribution in [0.15, 0.2) is 78.9 Å². The third kappa shape index (κ3) is 5.93. The Labute approximate surface area is 182 Å². The Hall–Kier alpha value is -3.64. The number of nitrogens with one attached hydrogen (secondary N) is 3. The number of methoxy groups -OCH3 is 1. The zero-order chi connectivity index (χ0) is 22.2. The lowest BCUT2D eigenvalue weighted by Crippen LogP contribution is -2.39. The maximum atomic E-state index is 12.5. The van der Waals surface area contributed by atoms with E-state index in [0.29, 0.717) is 22.7 Å². The van der Waals surface area contributed by atoms with Crippen molar-refractivity contribution in [2.24, 2.45) is 0 Å². The Morgan fingerprint density at radius 1 is 0.806 bits per heavy atom. The summed E-state index contributed by atoms with van der Waals surface area (Å²) in [6.45, 7) is 3.85. The van der Waals surface area contributed by atoms with Crippen LogP contribution in [0.4, 0.5) is 11.4 Å². The monoisotopic (exact) mass is 417 g/mol. The van der Waals surface area contributed by atoms with Crippen molar-refractivity contribution in [3.8, 4) is 5.75 Å². The van der Waals surface area contributed by atoms with Gasteiger partial charge in [0, 0.05) is 17.3 Å². The summed E-state index contributed by atoms with van der Waals surface area (Å²) in [5, 5.41) is 9.01. The molecule has 0 aliphatic rings. The third-order valence-electron chi connectivity index (χ3n) is 4.96. The molecular weight excluding hydrogens is 390 g/mol. The van der Waals surface area contributed by atoms with Gasteiger partial charge in [-0.05, 0) is 55.8 Å². The number of para-hydroxylation sites is 2. The minimum atomic E-state index is -0.385. The van der Waals surface area contributed by atoms with Gasteiger partial charge >= 0.3 is 0 Å². The number of hydrogen-bond donors (Lipinski definition) is 3. The minimum Gasteiger partial charge on any atom is -0.495 e. The van der Waals surface area contributed by atoms with Crippen LogP contribution in [0.1, 0.15) is 35.8 Å². The van der Waals surface area contributed by atoms with E-state index in [9.17, 15) is 9.59 Å². The highest BCUT2D eigenvalue weighted by Crippen LogP contribution is 2.24. The summed E-state index contributed by atoms with van der Waals surface area (Å²) in [5.74, 6) is 0.189. The molecule has 2 amide bonds. The molecule has 6 heteroatoms. The van der Waals surface area contributed by atoms with E-state index in [-0.39, 0.29) is 23.9 Å². The molecule has 0 aliphatic heterocycles. The SMILES string of the molecule is COc1ccccc1NC(=O)c1ccc(NC(=O)C(C)NC(C)c2ccccc2)cc1. The predicted octanol–water partition coefficient (Wildman–Crippen LogP) is 4.63.